The Balaban J connectivity index is 1.26. The second kappa shape index (κ2) is 12.0. The number of anilines is 1. The van der Waals surface area contributed by atoms with Crippen LogP contribution in [-0.2, 0) is 28.8 Å². The van der Waals surface area contributed by atoms with Gasteiger partial charge in [-0.25, -0.2) is 9.78 Å². The summed E-state index contributed by atoms with van der Waals surface area (Å²) in [4.78, 5) is 29.5. The molecule has 7 heteroatoms. The molecule has 0 aliphatic carbocycles. The number of carbonyl (C=O) groups excluding carboxylic acids is 2. The van der Waals surface area contributed by atoms with Crippen molar-refractivity contribution in [3.63, 3.8) is 0 Å². The summed E-state index contributed by atoms with van der Waals surface area (Å²) in [6.45, 7) is 1.58. The van der Waals surface area contributed by atoms with Gasteiger partial charge >= 0.3 is 5.97 Å². The topological polar surface area (TPSA) is 89.6 Å². The average Bonchev–Trinajstić information content (AvgIpc) is 2.91. The van der Waals surface area contributed by atoms with E-state index in [1.165, 1.54) is 12.7 Å². The number of nitrogens with one attached hydrogen (secondary N) is 2. The number of rotatable bonds is 10. The van der Waals surface area contributed by atoms with E-state index in [0.29, 0.717) is 18.6 Å². The van der Waals surface area contributed by atoms with E-state index < -0.39 is 12.0 Å². The smallest absolute Gasteiger partial charge is 0.328 e. The monoisotopic (exact) mass is 473 g/mol. The highest BCUT2D eigenvalue weighted by atomic mass is 16.5. The van der Waals surface area contributed by atoms with Crippen LogP contribution in [0.4, 0.5) is 5.82 Å². The van der Waals surface area contributed by atoms with Gasteiger partial charge in [-0.3, -0.25) is 4.79 Å². The van der Waals surface area contributed by atoms with Crippen LogP contribution < -0.4 is 15.4 Å². The fourth-order valence-electron chi connectivity index (χ4n) is 4.08. The lowest BCUT2D eigenvalue weighted by Gasteiger charge is -2.17. The lowest BCUT2D eigenvalue weighted by molar-refractivity contribution is -0.142. The van der Waals surface area contributed by atoms with E-state index in [1.807, 2.05) is 30.3 Å². The first-order valence-electron chi connectivity index (χ1n) is 12.0. The molecule has 0 fully saturated rings. The summed E-state index contributed by atoms with van der Waals surface area (Å²) in [6, 6.07) is 19.9. The van der Waals surface area contributed by atoms with Crippen LogP contribution in [0.3, 0.4) is 0 Å². The van der Waals surface area contributed by atoms with Gasteiger partial charge < -0.3 is 20.1 Å². The van der Waals surface area contributed by atoms with E-state index >= 15 is 0 Å². The predicted molar refractivity (Wildman–Crippen MR) is 135 cm³/mol. The van der Waals surface area contributed by atoms with Crippen LogP contribution in [-0.4, -0.2) is 43.2 Å². The first-order chi connectivity index (χ1) is 17.1. The number of esters is 1. The van der Waals surface area contributed by atoms with E-state index in [1.54, 1.807) is 24.3 Å². The minimum absolute atomic E-state index is 0.315. The Kier molecular flexibility index (Phi) is 8.33. The number of carbonyl (C=O) groups is 2. The van der Waals surface area contributed by atoms with Crippen molar-refractivity contribution in [1.29, 1.82) is 0 Å². The third kappa shape index (κ3) is 6.82. The second-order valence-corrected chi connectivity index (χ2v) is 8.56. The van der Waals surface area contributed by atoms with Crippen molar-refractivity contribution in [2.24, 2.45) is 0 Å². The molecular formula is C28H31N3O4. The van der Waals surface area contributed by atoms with Crippen LogP contribution in [0.2, 0.25) is 0 Å². The number of fused-ring (bicyclic) bond motifs is 1. The van der Waals surface area contributed by atoms with Crippen molar-refractivity contribution in [3.8, 4) is 5.75 Å². The van der Waals surface area contributed by atoms with E-state index in [4.69, 9.17) is 14.5 Å². The summed E-state index contributed by atoms with van der Waals surface area (Å²) in [5, 5.41) is 6.14. The molecular weight excluding hydrogens is 442 g/mol. The molecule has 2 N–H and O–H groups in total. The number of benzene rings is 2. The highest BCUT2D eigenvalue weighted by Gasteiger charge is 2.22. The molecule has 1 aliphatic heterocycles. The van der Waals surface area contributed by atoms with Gasteiger partial charge in [0, 0.05) is 24.2 Å². The van der Waals surface area contributed by atoms with Crippen molar-refractivity contribution in [3.05, 3.63) is 89.1 Å². The maximum Gasteiger partial charge on any atom is 0.328 e. The second-order valence-electron chi connectivity index (χ2n) is 8.56. The Morgan fingerprint density at radius 3 is 2.63 bits per heavy atom. The molecule has 0 saturated carbocycles. The van der Waals surface area contributed by atoms with Crippen LogP contribution in [0.15, 0.2) is 66.7 Å². The van der Waals surface area contributed by atoms with Crippen molar-refractivity contribution in [1.82, 2.24) is 10.3 Å². The number of methoxy groups -OCH3 is 1. The number of hydrogen-bond donors (Lipinski definition) is 2. The fourth-order valence-corrected chi connectivity index (χ4v) is 4.08. The summed E-state index contributed by atoms with van der Waals surface area (Å²) < 4.78 is 10.8. The number of aromatic nitrogens is 1. The Hall–Kier alpha value is -3.87. The summed E-state index contributed by atoms with van der Waals surface area (Å²) in [5.41, 5.74) is 3.76. The number of nitrogens with zero attached hydrogens (tertiary/aromatic N) is 1. The molecule has 0 bridgehead atoms. The first-order valence-corrected chi connectivity index (χ1v) is 12.0. The number of amides is 1. The largest absolute Gasteiger partial charge is 0.494 e. The van der Waals surface area contributed by atoms with Crippen molar-refractivity contribution < 1.29 is 19.1 Å². The number of pyridine rings is 1. The number of hydrogen-bond acceptors (Lipinski definition) is 6. The molecule has 4 rings (SSSR count). The summed E-state index contributed by atoms with van der Waals surface area (Å²) in [7, 11) is 1.32. The molecule has 182 valence electrons. The summed E-state index contributed by atoms with van der Waals surface area (Å²) in [6.07, 6.45) is 4.29. The SMILES string of the molecule is COC(=O)[C@H](Cc1ccc(OCCCc2ccc3c(n2)NCCC3)cc1)NC(=O)c1ccccc1. The van der Waals surface area contributed by atoms with Crippen LogP contribution in [0.1, 0.15) is 40.0 Å². The molecule has 7 nitrogen and oxygen atoms in total. The Bertz CT molecular complexity index is 1130. The molecule has 2 aromatic carbocycles. The van der Waals surface area contributed by atoms with Crippen molar-refractivity contribution in [2.75, 3.05) is 25.6 Å². The summed E-state index contributed by atoms with van der Waals surface area (Å²) in [5.74, 6) is 0.984. The first kappa shape index (κ1) is 24.3. The van der Waals surface area contributed by atoms with Gasteiger partial charge in [-0.15, -0.1) is 0 Å². The number of ether oxygens (including phenoxy) is 2. The zero-order valence-electron chi connectivity index (χ0n) is 20.0. The van der Waals surface area contributed by atoms with Gasteiger partial charge in [0.2, 0.25) is 0 Å². The molecule has 1 aliphatic rings. The highest BCUT2D eigenvalue weighted by Crippen LogP contribution is 2.20. The predicted octanol–water partition coefficient (Wildman–Crippen LogP) is 3.97. The lowest BCUT2D eigenvalue weighted by Crippen LogP contribution is -2.43. The molecule has 0 spiro atoms. The van der Waals surface area contributed by atoms with Crippen LogP contribution in [0.5, 0.6) is 5.75 Å². The molecule has 1 amide bonds. The normalized spacial score (nSPS) is 13.2. The van der Waals surface area contributed by atoms with Gasteiger partial charge in [0.1, 0.15) is 17.6 Å². The van der Waals surface area contributed by atoms with E-state index in [9.17, 15) is 9.59 Å². The minimum Gasteiger partial charge on any atom is -0.494 e. The van der Waals surface area contributed by atoms with Crippen LogP contribution in [0, 0.1) is 0 Å². The fraction of sp³-hybridized carbons (Fsp3) is 0.321. The van der Waals surface area contributed by atoms with Gasteiger partial charge in [-0.2, -0.15) is 0 Å². The quantitative estimate of drug-likeness (QED) is 0.342. The van der Waals surface area contributed by atoms with Gasteiger partial charge in [-0.05, 0) is 67.1 Å². The molecule has 1 aromatic heterocycles. The van der Waals surface area contributed by atoms with Crippen LogP contribution >= 0.6 is 0 Å². The maximum absolute atomic E-state index is 12.5. The molecule has 0 radical (unpaired) electrons. The van der Waals surface area contributed by atoms with Crippen LogP contribution in [0.25, 0.3) is 0 Å². The Morgan fingerprint density at radius 2 is 1.86 bits per heavy atom. The molecule has 2 heterocycles. The van der Waals surface area contributed by atoms with E-state index in [-0.39, 0.29) is 5.91 Å². The van der Waals surface area contributed by atoms with Gasteiger partial charge in [0.05, 0.1) is 13.7 Å². The van der Waals surface area contributed by atoms with Gasteiger partial charge in [0.25, 0.3) is 5.91 Å². The van der Waals surface area contributed by atoms with Gasteiger partial charge in [0.15, 0.2) is 0 Å². The Morgan fingerprint density at radius 1 is 1.06 bits per heavy atom. The standard InChI is InChI=1S/C28H31N3O4/c1-34-28(33)25(31-27(32)22-7-3-2-4-8-22)19-20-11-15-24(16-12-20)35-18-6-10-23-14-13-21-9-5-17-29-26(21)30-23/h2-4,7-8,11-16,25H,5-6,9-10,17-19H2,1H3,(H,29,30)(H,31,32)/t25-/m0/s1. The molecule has 3 aromatic rings. The molecule has 0 saturated heterocycles. The maximum atomic E-state index is 12.5. The van der Waals surface area contributed by atoms with Gasteiger partial charge in [-0.1, -0.05) is 36.4 Å². The molecule has 35 heavy (non-hydrogen) atoms. The molecule has 1 atom stereocenters. The third-order valence-corrected chi connectivity index (χ3v) is 5.99. The zero-order valence-corrected chi connectivity index (χ0v) is 20.0. The van der Waals surface area contributed by atoms with Crippen molar-refractivity contribution in [2.45, 2.75) is 38.1 Å². The summed E-state index contributed by atoms with van der Waals surface area (Å²) >= 11 is 0. The zero-order chi connectivity index (χ0) is 24.5. The van der Waals surface area contributed by atoms with E-state index in [0.717, 1.165) is 55.1 Å². The average molecular weight is 474 g/mol. The lowest BCUT2D eigenvalue weighted by atomic mass is 10.0. The van der Waals surface area contributed by atoms with E-state index in [2.05, 4.69) is 22.8 Å². The Labute approximate surface area is 205 Å². The highest BCUT2D eigenvalue weighted by molar-refractivity contribution is 5.96. The minimum atomic E-state index is -0.780. The van der Waals surface area contributed by atoms with Crippen molar-refractivity contribution >= 4 is 17.7 Å². The third-order valence-electron chi connectivity index (χ3n) is 5.99. The number of aryl methyl sites for hydroxylation is 2. The molecule has 0 unspecified atom stereocenters.